The average molecular weight is 447 g/mol. The number of carbonyl (C=O) groups is 2. The van der Waals surface area contributed by atoms with Crippen molar-refractivity contribution in [1.29, 1.82) is 0 Å². The van der Waals surface area contributed by atoms with Crippen molar-refractivity contribution in [1.82, 2.24) is 15.2 Å². The van der Waals surface area contributed by atoms with E-state index in [2.05, 4.69) is 27.3 Å². The molecule has 33 heavy (non-hydrogen) atoms. The molecule has 1 aliphatic heterocycles. The zero-order valence-corrected chi connectivity index (χ0v) is 19.8. The third-order valence-electron chi connectivity index (χ3n) is 5.71. The molecule has 1 saturated heterocycles. The number of carbonyl (C=O) groups excluding carboxylic acids is 2. The Morgan fingerprint density at radius 3 is 2.45 bits per heavy atom. The molecule has 3 aromatic rings. The largest absolute Gasteiger partial charge is 0.398 e. The van der Waals surface area contributed by atoms with Crippen molar-refractivity contribution in [2.24, 2.45) is 5.92 Å². The van der Waals surface area contributed by atoms with Crippen LogP contribution in [0.3, 0.4) is 0 Å². The number of likely N-dealkylation sites (tertiary alicyclic amines) is 1. The lowest BCUT2D eigenvalue weighted by atomic mass is 9.94. The zero-order valence-electron chi connectivity index (χ0n) is 19.8. The highest BCUT2D eigenvalue weighted by molar-refractivity contribution is 5.85. The van der Waals surface area contributed by atoms with Crippen molar-refractivity contribution in [2.75, 3.05) is 18.8 Å². The molecule has 0 radical (unpaired) electrons. The molecule has 0 bridgehead atoms. The van der Waals surface area contributed by atoms with E-state index in [1.165, 1.54) is 5.39 Å². The monoisotopic (exact) mass is 446 g/mol. The maximum Gasteiger partial charge on any atom is 0.223 e. The van der Waals surface area contributed by atoms with E-state index in [4.69, 9.17) is 5.73 Å². The third-order valence-corrected chi connectivity index (χ3v) is 5.71. The molecule has 1 fully saturated rings. The van der Waals surface area contributed by atoms with Crippen LogP contribution in [0.2, 0.25) is 0 Å². The standard InChI is InChI=1S/C18H27N3O2.C9H7N/c1-18(2,3)20-17(23)13-7-9-21(10-8-13)11-14-5-4-6-16(19)15(14)12-22;1-2-6-9-8(4-1)5-3-7-10-9/h4-6,12-13H,7-11,19H2,1-3H3,(H,20,23);1-7H. The molecule has 0 saturated carbocycles. The third kappa shape index (κ3) is 7.12. The van der Waals surface area contributed by atoms with E-state index in [9.17, 15) is 9.59 Å². The molecular weight excluding hydrogens is 412 g/mol. The minimum atomic E-state index is -0.186. The molecule has 2 heterocycles. The molecule has 2 aromatic carbocycles. The molecule has 1 aliphatic rings. The number of hydrogen-bond donors (Lipinski definition) is 2. The van der Waals surface area contributed by atoms with Gasteiger partial charge in [-0.05, 0) is 70.5 Å². The lowest BCUT2D eigenvalue weighted by Gasteiger charge is -2.33. The summed E-state index contributed by atoms with van der Waals surface area (Å²) in [6, 6.07) is 17.7. The van der Waals surface area contributed by atoms with E-state index in [0.29, 0.717) is 17.8 Å². The van der Waals surface area contributed by atoms with Gasteiger partial charge in [0.05, 0.1) is 5.52 Å². The number of benzene rings is 2. The van der Waals surface area contributed by atoms with Gasteiger partial charge >= 0.3 is 0 Å². The highest BCUT2D eigenvalue weighted by atomic mass is 16.2. The second kappa shape index (κ2) is 11.1. The van der Waals surface area contributed by atoms with Crippen LogP contribution >= 0.6 is 0 Å². The van der Waals surface area contributed by atoms with Crippen molar-refractivity contribution in [2.45, 2.75) is 45.7 Å². The Hall–Kier alpha value is -3.25. The average Bonchev–Trinajstić information content (AvgIpc) is 2.79. The topological polar surface area (TPSA) is 88.3 Å². The van der Waals surface area contributed by atoms with E-state index in [1.807, 2.05) is 63.4 Å². The normalized spacial score (nSPS) is 14.9. The number of aromatic nitrogens is 1. The van der Waals surface area contributed by atoms with Gasteiger partial charge in [-0.1, -0.05) is 36.4 Å². The number of anilines is 1. The maximum atomic E-state index is 12.2. The van der Waals surface area contributed by atoms with Crippen LogP contribution in [-0.4, -0.2) is 40.7 Å². The van der Waals surface area contributed by atoms with Gasteiger partial charge in [-0.3, -0.25) is 19.5 Å². The molecule has 4 rings (SSSR count). The first-order valence-electron chi connectivity index (χ1n) is 11.4. The number of para-hydroxylation sites is 1. The number of hydrogen-bond acceptors (Lipinski definition) is 5. The van der Waals surface area contributed by atoms with Gasteiger partial charge in [0.1, 0.15) is 0 Å². The molecule has 6 heteroatoms. The first-order valence-corrected chi connectivity index (χ1v) is 11.4. The van der Waals surface area contributed by atoms with Gasteiger partial charge in [-0.25, -0.2) is 0 Å². The molecule has 0 atom stereocenters. The van der Waals surface area contributed by atoms with E-state index >= 15 is 0 Å². The minimum Gasteiger partial charge on any atom is -0.398 e. The fraction of sp³-hybridized carbons (Fsp3) is 0.370. The number of aldehydes is 1. The number of pyridine rings is 1. The fourth-order valence-corrected chi connectivity index (χ4v) is 4.00. The van der Waals surface area contributed by atoms with Crippen LogP contribution in [-0.2, 0) is 11.3 Å². The summed E-state index contributed by atoms with van der Waals surface area (Å²) >= 11 is 0. The summed E-state index contributed by atoms with van der Waals surface area (Å²) in [7, 11) is 0. The van der Waals surface area contributed by atoms with E-state index < -0.39 is 0 Å². The molecule has 0 aliphatic carbocycles. The lowest BCUT2D eigenvalue weighted by Crippen LogP contribution is -2.46. The summed E-state index contributed by atoms with van der Waals surface area (Å²) in [4.78, 5) is 29.9. The van der Waals surface area contributed by atoms with E-state index in [-0.39, 0.29) is 17.4 Å². The van der Waals surface area contributed by atoms with Gasteiger partial charge in [0.15, 0.2) is 6.29 Å². The smallest absolute Gasteiger partial charge is 0.223 e. The number of nitrogens with two attached hydrogens (primary N) is 1. The van der Waals surface area contributed by atoms with Crippen LogP contribution in [0.15, 0.2) is 60.8 Å². The Morgan fingerprint density at radius 1 is 1.09 bits per heavy atom. The number of piperidine rings is 1. The van der Waals surface area contributed by atoms with Crippen molar-refractivity contribution < 1.29 is 9.59 Å². The number of nitrogens with zero attached hydrogens (tertiary/aromatic N) is 2. The summed E-state index contributed by atoms with van der Waals surface area (Å²) in [5, 5.41) is 4.26. The molecule has 174 valence electrons. The maximum absolute atomic E-state index is 12.2. The Balaban J connectivity index is 0.000000252. The molecule has 1 amide bonds. The highest BCUT2D eigenvalue weighted by Gasteiger charge is 2.27. The van der Waals surface area contributed by atoms with Crippen LogP contribution in [0.5, 0.6) is 0 Å². The predicted molar refractivity (Wildman–Crippen MR) is 134 cm³/mol. The quantitative estimate of drug-likeness (QED) is 0.457. The molecule has 1 aromatic heterocycles. The van der Waals surface area contributed by atoms with E-state index in [0.717, 1.165) is 43.3 Å². The lowest BCUT2D eigenvalue weighted by molar-refractivity contribution is -0.127. The highest BCUT2D eigenvalue weighted by Crippen LogP contribution is 2.22. The molecule has 0 spiro atoms. The molecular formula is C27H34N4O2. The Morgan fingerprint density at radius 2 is 1.79 bits per heavy atom. The Bertz CT molecular complexity index is 1020. The Labute approximate surface area is 196 Å². The summed E-state index contributed by atoms with van der Waals surface area (Å²) in [6.45, 7) is 8.42. The van der Waals surface area contributed by atoms with Crippen LogP contribution in [0, 0.1) is 5.92 Å². The van der Waals surface area contributed by atoms with Crippen molar-refractivity contribution in [3.05, 3.63) is 71.9 Å². The van der Waals surface area contributed by atoms with Crippen LogP contribution in [0.1, 0.15) is 49.5 Å². The van der Waals surface area contributed by atoms with Crippen molar-refractivity contribution >= 4 is 28.8 Å². The van der Waals surface area contributed by atoms with E-state index in [1.54, 1.807) is 6.07 Å². The SMILES string of the molecule is CC(C)(C)NC(=O)C1CCN(Cc2cccc(N)c2C=O)CC1.c1ccc2ncccc2c1. The minimum absolute atomic E-state index is 0.0804. The van der Waals surface area contributed by atoms with Gasteiger partial charge in [0.25, 0.3) is 0 Å². The molecule has 3 N–H and O–H groups in total. The second-order valence-electron chi connectivity index (χ2n) is 9.52. The van der Waals surface area contributed by atoms with Gasteiger partial charge < -0.3 is 11.1 Å². The van der Waals surface area contributed by atoms with Gasteiger partial charge in [0, 0.05) is 40.8 Å². The molecule has 6 nitrogen and oxygen atoms in total. The second-order valence-corrected chi connectivity index (χ2v) is 9.52. The summed E-state index contributed by atoms with van der Waals surface area (Å²) < 4.78 is 0. The summed E-state index contributed by atoms with van der Waals surface area (Å²) in [6.07, 6.45) is 4.33. The number of rotatable bonds is 4. The Kier molecular flexibility index (Phi) is 8.17. The van der Waals surface area contributed by atoms with Crippen LogP contribution in [0.4, 0.5) is 5.69 Å². The predicted octanol–water partition coefficient (Wildman–Crippen LogP) is 4.44. The first-order chi connectivity index (χ1) is 15.8. The van der Waals surface area contributed by atoms with Gasteiger partial charge in [-0.2, -0.15) is 0 Å². The number of fused-ring (bicyclic) bond motifs is 1. The summed E-state index contributed by atoms with van der Waals surface area (Å²) in [5.41, 5.74) is 8.79. The fourth-order valence-electron chi connectivity index (χ4n) is 4.00. The number of amides is 1. The van der Waals surface area contributed by atoms with Crippen molar-refractivity contribution in [3.8, 4) is 0 Å². The summed E-state index contributed by atoms with van der Waals surface area (Å²) in [5.74, 6) is 0.228. The van der Waals surface area contributed by atoms with Gasteiger partial charge in [-0.15, -0.1) is 0 Å². The van der Waals surface area contributed by atoms with Crippen LogP contribution in [0.25, 0.3) is 10.9 Å². The number of nitrogens with one attached hydrogen (secondary N) is 1. The first kappa shape index (κ1) is 24.4. The number of nitrogen functional groups attached to an aromatic ring is 1. The van der Waals surface area contributed by atoms with Crippen LogP contribution < -0.4 is 11.1 Å². The van der Waals surface area contributed by atoms with Crippen molar-refractivity contribution in [3.63, 3.8) is 0 Å². The van der Waals surface area contributed by atoms with Gasteiger partial charge in [0.2, 0.25) is 5.91 Å². The molecule has 0 unspecified atom stereocenters. The zero-order chi connectivity index (χ0) is 23.8.